The van der Waals surface area contributed by atoms with Crippen molar-refractivity contribution < 1.29 is 0 Å². The van der Waals surface area contributed by atoms with Crippen LogP contribution in [0.25, 0.3) is 6.08 Å². The van der Waals surface area contributed by atoms with Crippen LogP contribution in [0.1, 0.15) is 25.3 Å². The van der Waals surface area contributed by atoms with Gasteiger partial charge in [-0.1, -0.05) is 42.5 Å². The molecule has 70 valence electrons. The van der Waals surface area contributed by atoms with Gasteiger partial charge in [0.05, 0.1) is 0 Å². The van der Waals surface area contributed by atoms with E-state index < -0.39 is 0 Å². The highest BCUT2D eigenvalue weighted by Crippen LogP contribution is 2.03. The lowest BCUT2D eigenvalue weighted by Crippen LogP contribution is -2.13. The Morgan fingerprint density at radius 3 is 2.62 bits per heavy atom. The van der Waals surface area contributed by atoms with Crippen LogP contribution in [0.2, 0.25) is 0 Å². The highest BCUT2D eigenvalue weighted by molar-refractivity contribution is 5.48. The van der Waals surface area contributed by atoms with Crippen molar-refractivity contribution in [1.82, 2.24) is 0 Å². The molecule has 0 bridgehead atoms. The fourth-order valence-electron chi connectivity index (χ4n) is 1.14. The van der Waals surface area contributed by atoms with Crippen molar-refractivity contribution >= 4 is 6.08 Å². The molecule has 1 rings (SSSR count). The monoisotopic (exact) mass is 175 g/mol. The van der Waals surface area contributed by atoms with Crippen LogP contribution >= 0.6 is 0 Å². The SMILES string of the molecule is C[C@@H](N)CC/C=C/c1ccccc1. The molecule has 0 aliphatic heterocycles. The van der Waals surface area contributed by atoms with E-state index in [1.807, 2.05) is 25.1 Å². The van der Waals surface area contributed by atoms with E-state index >= 15 is 0 Å². The summed E-state index contributed by atoms with van der Waals surface area (Å²) in [6.45, 7) is 2.04. The minimum absolute atomic E-state index is 0.306. The van der Waals surface area contributed by atoms with Gasteiger partial charge >= 0.3 is 0 Å². The van der Waals surface area contributed by atoms with Crippen molar-refractivity contribution in [3.8, 4) is 0 Å². The van der Waals surface area contributed by atoms with Gasteiger partial charge in [0.25, 0.3) is 0 Å². The molecule has 0 aliphatic rings. The molecule has 1 aromatic rings. The van der Waals surface area contributed by atoms with Crippen LogP contribution in [0.4, 0.5) is 0 Å². The third-order valence-electron chi connectivity index (χ3n) is 1.90. The van der Waals surface area contributed by atoms with Gasteiger partial charge in [-0.2, -0.15) is 0 Å². The van der Waals surface area contributed by atoms with Crippen molar-refractivity contribution in [2.24, 2.45) is 5.73 Å². The second kappa shape index (κ2) is 5.55. The summed E-state index contributed by atoms with van der Waals surface area (Å²) in [5.74, 6) is 0. The molecule has 0 aliphatic carbocycles. The third kappa shape index (κ3) is 4.48. The number of nitrogens with two attached hydrogens (primary N) is 1. The lowest BCUT2D eigenvalue weighted by molar-refractivity contribution is 0.677. The minimum Gasteiger partial charge on any atom is -0.328 e. The first-order valence-corrected chi connectivity index (χ1v) is 4.76. The van der Waals surface area contributed by atoms with E-state index in [0.29, 0.717) is 6.04 Å². The zero-order valence-electron chi connectivity index (χ0n) is 8.11. The summed E-state index contributed by atoms with van der Waals surface area (Å²) in [5, 5.41) is 0. The highest BCUT2D eigenvalue weighted by Gasteiger charge is 1.89. The summed E-state index contributed by atoms with van der Waals surface area (Å²) in [6.07, 6.45) is 6.44. The van der Waals surface area contributed by atoms with E-state index in [1.54, 1.807) is 0 Å². The molecule has 0 saturated carbocycles. The number of allylic oxidation sites excluding steroid dienone is 1. The summed E-state index contributed by atoms with van der Waals surface area (Å²) < 4.78 is 0. The molecule has 0 amide bonds. The zero-order valence-corrected chi connectivity index (χ0v) is 8.11. The lowest BCUT2D eigenvalue weighted by Gasteiger charge is -1.99. The fraction of sp³-hybridized carbons (Fsp3) is 0.333. The van der Waals surface area contributed by atoms with Gasteiger partial charge in [-0.3, -0.25) is 0 Å². The van der Waals surface area contributed by atoms with Crippen LogP contribution in [-0.4, -0.2) is 6.04 Å². The molecule has 2 N–H and O–H groups in total. The Morgan fingerprint density at radius 2 is 2.00 bits per heavy atom. The van der Waals surface area contributed by atoms with E-state index in [0.717, 1.165) is 12.8 Å². The molecule has 0 unspecified atom stereocenters. The number of rotatable bonds is 4. The second-order valence-corrected chi connectivity index (χ2v) is 3.37. The quantitative estimate of drug-likeness (QED) is 0.748. The molecule has 13 heavy (non-hydrogen) atoms. The first kappa shape index (κ1) is 10.0. The van der Waals surface area contributed by atoms with Crippen molar-refractivity contribution in [2.75, 3.05) is 0 Å². The predicted octanol–water partition coefficient (Wildman–Crippen LogP) is 2.83. The molecule has 0 spiro atoms. The van der Waals surface area contributed by atoms with E-state index in [-0.39, 0.29) is 0 Å². The van der Waals surface area contributed by atoms with E-state index in [4.69, 9.17) is 5.73 Å². The maximum absolute atomic E-state index is 5.64. The van der Waals surface area contributed by atoms with Gasteiger partial charge in [0.2, 0.25) is 0 Å². The Hall–Kier alpha value is -1.08. The first-order chi connectivity index (χ1) is 6.29. The summed E-state index contributed by atoms with van der Waals surface area (Å²) in [7, 11) is 0. The summed E-state index contributed by atoms with van der Waals surface area (Å²) in [6, 6.07) is 10.6. The van der Waals surface area contributed by atoms with Crippen molar-refractivity contribution in [3.05, 3.63) is 42.0 Å². The van der Waals surface area contributed by atoms with Crippen LogP contribution < -0.4 is 5.73 Å². The van der Waals surface area contributed by atoms with Gasteiger partial charge in [-0.05, 0) is 25.3 Å². The van der Waals surface area contributed by atoms with Crippen LogP contribution in [-0.2, 0) is 0 Å². The highest BCUT2D eigenvalue weighted by atomic mass is 14.6. The molecule has 1 aromatic carbocycles. The molecular formula is C12H17N. The number of benzene rings is 1. The molecule has 1 heteroatoms. The van der Waals surface area contributed by atoms with E-state index in [2.05, 4.69) is 24.3 Å². The predicted molar refractivity (Wildman–Crippen MR) is 58.4 cm³/mol. The first-order valence-electron chi connectivity index (χ1n) is 4.76. The molecule has 1 nitrogen and oxygen atoms in total. The van der Waals surface area contributed by atoms with Gasteiger partial charge < -0.3 is 5.73 Å². The lowest BCUT2D eigenvalue weighted by atomic mass is 10.1. The molecule has 0 saturated heterocycles. The zero-order chi connectivity index (χ0) is 9.52. The van der Waals surface area contributed by atoms with Crippen molar-refractivity contribution in [3.63, 3.8) is 0 Å². The van der Waals surface area contributed by atoms with Gasteiger partial charge in [0, 0.05) is 6.04 Å². The maximum Gasteiger partial charge on any atom is 0.00134 e. The standard InChI is InChI=1S/C12H17N/c1-11(13)7-5-6-10-12-8-3-2-4-9-12/h2-4,6,8-11H,5,7,13H2,1H3/b10-6+/t11-/m1/s1. The normalized spacial score (nSPS) is 13.4. The van der Waals surface area contributed by atoms with E-state index in [1.165, 1.54) is 5.56 Å². The summed E-state index contributed by atoms with van der Waals surface area (Å²) >= 11 is 0. The van der Waals surface area contributed by atoms with Crippen LogP contribution in [0.15, 0.2) is 36.4 Å². The largest absolute Gasteiger partial charge is 0.328 e. The molecule has 0 fully saturated rings. The fourth-order valence-corrected chi connectivity index (χ4v) is 1.14. The molecule has 0 aromatic heterocycles. The van der Waals surface area contributed by atoms with Crippen LogP contribution in [0, 0.1) is 0 Å². The minimum atomic E-state index is 0.306. The molecule has 1 atom stereocenters. The number of hydrogen-bond donors (Lipinski definition) is 1. The van der Waals surface area contributed by atoms with Crippen molar-refractivity contribution in [1.29, 1.82) is 0 Å². The summed E-state index contributed by atoms with van der Waals surface area (Å²) in [5.41, 5.74) is 6.89. The Kier molecular flexibility index (Phi) is 4.27. The van der Waals surface area contributed by atoms with Gasteiger partial charge in [-0.25, -0.2) is 0 Å². The van der Waals surface area contributed by atoms with Crippen LogP contribution in [0.3, 0.4) is 0 Å². The molecule has 0 radical (unpaired) electrons. The average Bonchev–Trinajstić information content (AvgIpc) is 2.14. The Morgan fingerprint density at radius 1 is 1.31 bits per heavy atom. The summed E-state index contributed by atoms with van der Waals surface area (Å²) in [4.78, 5) is 0. The maximum atomic E-state index is 5.64. The average molecular weight is 175 g/mol. The Labute approximate surface area is 80.3 Å². The van der Waals surface area contributed by atoms with Crippen LogP contribution in [0.5, 0.6) is 0 Å². The number of hydrogen-bond acceptors (Lipinski definition) is 1. The third-order valence-corrected chi connectivity index (χ3v) is 1.90. The smallest absolute Gasteiger partial charge is 0.00134 e. The molecular weight excluding hydrogens is 158 g/mol. The van der Waals surface area contributed by atoms with Gasteiger partial charge in [0.1, 0.15) is 0 Å². The van der Waals surface area contributed by atoms with Crippen molar-refractivity contribution in [2.45, 2.75) is 25.8 Å². The van der Waals surface area contributed by atoms with Gasteiger partial charge in [-0.15, -0.1) is 0 Å². The second-order valence-electron chi connectivity index (χ2n) is 3.37. The van der Waals surface area contributed by atoms with E-state index in [9.17, 15) is 0 Å². The molecule has 0 heterocycles. The Balaban J connectivity index is 2.33. The Bertz CT molecular complexity index is 249. The van der Waals surface area contributed by atoms with Gasteiger partial charge in [0.15, 0.2) is 0 Å². The topological polar surface area (TPSA) is 26.0 Å².